The number of benzene rings is 2. The summed E-state index contributed by atoms with van der Waals surface area (Å²) in [4.78, 5) is 37.7. The van der Waals surface area contributed by atoms with E-state index in [0.717, 1.165) is 22.3 Å². The monoisotopic (exact) mass is 452 g/mol. The summed E-state index contributed by atoms with van der Waals surface area (Å²) in [6.07, 6.45) is -1.57. The lowest BCUT2D eigenvalue weighted by atomic mass is 9.86. The zero-order valence-corrected chi connectivity index (χ0v) is 19.0. The van der Waals surface area contributed by atoms with Crippen molar-refractivity contribution in [1.82, 2.24) is 10.2 Å². The maximum atomic E-state index is 12.7. The molecular formula is C25H28N2O6. The third kappa shape index (κ3) is 4.79. The Morgan fingerprint density at radius 2 is 1.58 bits per heavy atom. The van der Waals surface area contributed by atoms with Crippen LogP contribution in [0.3, 0.4) is 0 Å². The number of likely N-dealkylation sites (tertiary alicyclic amines) is 1. The van der Waals surface area contributed by atoms with Gasteiger partial charge in [0.1, 0.15) is 12.2 Å². The molecular weight excluding hydrogens is 424 g/mol. The molecule has 174 valence electrons. The minimum Gasteiger partial charge on any atom is -0.481 e. The van der Waals surface area contributed by atoms with Gasteiger partial charge in [-0.2, -0.15) is 0 Å². The highest BCUT2D eigenvalue weighted by Gasteiger charge is 2.49. The van der Waals surface area contributed by atoms with Crippen LogP contribution in [0.1, 0.15) is 44.2 Å². The molecule has 8 heteroatoms. The Kier molecular flexibility index (Phi) is 5.78. The van der Waals surface area contributed by atoms with E-state index < -0.39 is 29.3 Å². The van der Waals surface area contributed by atoms with Crippen LogP contribution >= 0.6 is 0 Å². The number of carboxylic acids is 1. The van der Waals surface area contributed by atoms with E-state index in [1.54, 1.807) is 20.8 Å². The molecule has 1 saturated heterocycles. The Hall–Kier alpha value is -3.55. The number of nitrogens with zero attached hydrogens (tertiary/aromatic N) is 1. The average molecular weight is 453 g/mol. The number of amides is 2. The fourth-order valence-electron chi connectivity index (χ4n) is 4.52. The van der Waals surface area contributed by atoms with Crippen LogP contribution < -0.4 is 5.32 Å². The largest absolute Gasteiger partial charge is 0.481 e. The van der Waals surface area contributed by atoms with Crippen molar-refractivity contribution in [3.8, 4) is 11.1 Å². The van der Waals surface area contributed by atoms with Gasteiger partial charge in [0.05, 0.1) is 12.0 Å². The van der Waals surface area contributed by atoms with Crippen molar-refractivity contribution < 1.29 is 29.0 Å². The lowest BCUT2D eigenvalue weighted by molar-refractivity contribution is -0.140. The molecule has 0 aromatic heterocycles. The number of carbonyl (C=O) groups excluding carboxylic acids is 2. The standard InChI is InChI=1S/C25H28N2O6/c1-24(2,3)33-23(31)27-14-25(15-27,12-21(28)29)26-22(30)32-13-20-18-10-6-4-8-16(18)17-9-5-7-11-19(17)20/h4-11,20H,12-15H2,1-3H3,(H,26,30)(H,28,29). The third-order valence-corrected chi connectivity index (χ3v) is 5.84. The van der Waals surface area contributed by atoms with Crippen LogP contribution in [-0.2, 0) is 14.3 Å². The van der Waals surface area contributed by atoms with Gasteiger partial charge in [-0.15, -0.1) is 0 Å². The predicted molar refractivity (Wildman–Crippen MR) is 121 cm³/mol. The van der Waals surface area contributed by atoms with Crippen LogP contribution in [0.5, 0.6) is 0 Å². The molecule has 2 amide bonds. The Morgan fingerprint density at radius 1 is 1.03 bits per heavy atom. The normalized spacial score (nSPS) is 16.3. The molecule has 0 bridgehead atoms. The minimum atomic E-state index is -1.09. The number of carboxylic acid groups (broad SMARTS) is 1. The number of aliphatic carboxylic acids is 1. The van der Waals surface area contributed by atoms with Gasteiger partial charge in [0.25, 0.3) is 0 Å². The van der Waals surface area contributed by atoms with E-state index in [9.17, 15) is 19.5 Å². The molecule has 1 heterocycles. The molecule has 2 aliphatic rings. The van der Waals surface area contributed by atoms with Crippen LogP contribution in [0.4, 0.5) is 9.59 Å². The van der Waals surface area contributed by atoms with Crippen LogP contribution in [-0.4, -0.2) is 59.0 Å². The van der Waals surface area contributed by atoms with Gasteiger partial charge in [0, 0.05) is 19.0 Å². The Labute approximate surface area is 192 Å². The molecule has 0 spiro atoms. The van der Waals surface area contributed by atoms with E-state index in [-0.39, 0.29) is 32.0 Å². The van der Waals surface area contributed by atoms with Crippen molar-refractivity contribution in [2.75, 3.05) is 19.7 Å². The summed E-state index contributed by atoms with van der Waals surface area (Å²) in [6.45, 7) is 5.47. The molecule has 8 nitrogen and oxygen atoms in total. The second kappa shape index (κ2) is 8.42. The maximum absolute atomic E-state index is 12.7. The van der Waals surface area contributed by atoms with E-state index in [1.165, 1.54) is 4.90 Å². The number of fused-ring (bicyclic) bond motifs is 3. The van der Waals surface area contributed by atoms with E-state index >= 15 is 0 Å². The molecule has 33 heavy (non-hydrogen) atoms. The summed E-state index contributed by atoms with van der Waals surface area (Å²) in [5.41, 5.74) is 2.67. The molecule has 1 fully saturated rings. The number of hydrogen-bond donors (Lipinski definition) is 2. The van der Waals surface area contributed by atoms with Crippen molar-refractivity contribution in [3.05, 3.63) is 59.7 Å². The quantitative estimate of drug-likeness (QED) is 0.711. The summed E-state index contributed by atoms with van der Waals surface area (Å²) in [7, 11) is 0. The molecule has 0 saturated carbocycles. The van der Waals surface area contributed by atoms with Crippen molar-refractivity contribution in [1.29, 1.82) is 0 Å². The zero-order valence-electron chi connectivity index (χ0n) is 19.0. The summed E-state index contributed by atoms with van der Waals surface area (Å²) in [6, 6.07) is 16.0. The van der Waals surface area contributed by atoms with Crippen molar-refractivity contribution in [2.24, 2.45) is 0 Å². The van der Waals surface area contributed by atoms with Crippen LogP contribution in [0.25, 0.3) is 11.1 Å². The molecule has 1 aliphatic heterocycles. The summed E-state index contributed by atoms with van der Waals surface area (Å²) < 4.78 is 10.9. The highest BCUT2D eigenvalue weighted by molar-refractivity contribution is 5.79. The van der Waals surface area contributed by atoms with Gasteiger partial charge >= 0.3 is 18.2 Å². The second-order valence-electron chi connectivity index (χ2n) is 9.64. The van der Waals surface area contributed by atoms with E-state index in [2.05, 4.69) is 17.4 Å². The number of alkyl carbamates (subject to hydrolysis) is 1. The van der Waals surface area contributed by atoms with Crippen molar-refractivity contribution in [3.63, 3.8) is 0 Å². The van der Waals surface area contributed by atoms with E-state index in [0.29, 0.717) is 0 Å². The van der Waals surface area contributed by atoms with Gasteiger partial charge in [0.2, 0.25) is 0 Å². The Balaban J connectivity index is 1.40. The average Bonchev–Trinajstić information content (AvgIpc) is 3.02. The summed E-state index contributed by atoms with van der Waals surface area (Å²) in [5.74, 6) is -1.17. The summed E-state index contributed by atoms with van der Waals surface area (Å²) >= 11 is 0. The van der Waals surface area contributed by atoms with Gasteiger partial charge < -0.3 is 24.8 Å². The molecule has 2 aromatic rings. The first-order valence-electron chi connectivity index (χ1n) is 10.9. The number of rotatable bonds is 5. The molecule has 0 unspecified atom stereocenters. The van der Waals surface area contributed by atoms with Gasteiger partial charge in [-0.05, 0) is 43.0 Å². The second-order valence-corrected chi connectivity index (χ2v) is 9.64. The zero-order chi connectivity index (χ0) is 23.8. The molecule has 0 radical (unpaired) electrons. The summed E-state index contributed by atoms with van der Waals surface area (Å²) in [5, 5.41) is 12.0. The SMILES string of the molecule is CC(C)(C)OC(=O)N1CC(CC(=O)O)(NC(=O)OCC2c3ccccc3-c3ccccc32)C1. The first kappa shape index (κ1) is 22.6. The van der Waals surface area contributed by atoms with Gasteiger partial charge in [-0.3, -0.25) is 4.79 Å². The van der Waals surface area contributed by atoms with E-state index in [1.807, 2.05) is 36.4 Å². The highest BCUT2D eigenvalue weighted by atomic mass is 16.6. The minimum absolute atomic E-state index is 0.0401. The number of carbonyl (C=O) groups is 3. The molecule has 1 aliphatic carbocycles. The molecule has 4 rings (SSSR count). The number of ether oxygens (including phenoxy) is 2. The van der Waals surface area contributed by atoms with Crippen molar-refractivity contribution >= 4 is 18.2 Å². The van der Waals surface area contributed by atoms with Crippen LogP contribution in [0.15, 0.2) is 48.5 Å². The highest BCUT2D eigenvalue weighted by Crippen LogP contribution is 2.44. The first-order valence-corrected chi connectivity index (χ1v) is 10.9. The van der Waals surface area contributed by atoms with Gasteiger partial charge in [-0.25, -0.2) is 9.59 Å². The van der Waals surface area contributed by atoms with Gasteiger partial charge in [-0.1, -0.05) is 48.5 Å². The number of hydrogen-bond acceptors (Lipinski definition) is 5. The smallest absolute Gasteiger partial charge is 0.410 e. The van der Waals surface area contributed by atoms with E-state index in [4.69, 9.17) is 9.47 Å². The van der Waals surface area contributed by atoms with Crippen LogP contribution in [0.2, 0.25) is 0 Å². The predicted octanol–water partition coefficient (Wildman–Crippen LogP) is 3.99. The Morgan fingerprint density at radius 3 is 2.09 bits per heavy atom. The van der Waals surface area contributed by atoms with Crippen LogP contribution in [0, 0.1) is 0 Å². The lowest BCUT2D eigenvalue weighted by Gasteiger charge is -2.49. The third-order valence-electron chi connectivity index (χ3n) is 5.84. The Bertz CT molecular complexity index is 1040. The van der Waals surface area contributed by atoms with Crippen molar-refractivity contribution in [2.45, 2.75) is 44.2 Å². The molecule has 0 atom stereocenters. The molecule has 2 N–H and O–H groups in total. The maximum Gasteiger partial charge on any atom is 0.410 e. The number of nitrogens with one attached hydrogen (secondary N) is 1. The fraction of sp³-hybridized carbons (Fsp3) is 0.400. The van der Waals surface area contributed by atoms with Gasteiger partial charge in [0.15, 0.2) is 0 Å². The topological polar surface area (TPSA) is 105 Å². The fourth-order valence-corrected chi connectivity index (χ4v) is 4.52. The first-order chi connectivity index (χ1) is 15.6. The molecule has 2 aromatic carbocycles. The lowest BCUT2D eigenvalue weighted by Crippen LogP contribution is -2.72.